The second kappa shape index (κ2) is 7.29. The molecule has 1 N–H and O–H groups in total. The first kappa shape index (κ1) is 16.9. The fourth-order valence-electron chi connectivity index (χ4n) is 2.42. The van der Waals surface area contributed by atoms with Gasteiger partial charge in [0.1, 0.15) is 18.5 Å². The minimum atomic E-state index is -0.0842. The van der Waals surface area contributed by atoms with Crippen molar-refractivity contribution in [3.63, 3.8) is 0 Å². The van der Waals surface area contributed by atoms with Crippen LogP contribution < -0.4 is 5.32 Å². The van der Waals surface area contributed by atoms with Gasteiger partial charge in [0.15, 0.2) is 0 Å². The molecule has 0 bridgehead atoms. The summed E-state index contributed by atoms with van der Waals surface area (Å²) in [4.78, 5) is 16.2. The predicted octanol–water partition coefficient (Wildman–Crippen LogP) is 2.92. The molecule has 0 spiro atoms. The lowest BCUT2D eigenvalue weighted by molar-refractivity contribution is -0.116. The molecule has 1 aromatic carbocycles. The Labute approximate surface area is 146 Å². The molecule has 0 aliphatic carbocycles. The van der Waals surface area contributed by atoms with Crippen molar-refractivity contribution in [1.82, 2.24) is 24.5 Å². The van der Waals surface area contributed by atoms with E-state index in [4.69, 9.17) is 0 Å². The van der Waals surface area contributed by atoms with Crippen LogP contribution in [0.4, 0.5) is 5.82 Å². The maximum atomic E-state index is 12.3. The van der Waals surface area contributed by atoms with E-state index in [1.165, 1.54) is 11.9 Å². The zero-order valence-electron chi connectivity index (χ0n) is 14.7. The van der Waals surface area contributed by atoms with E-state index in [1.54, 1.807) is 15.7 Å². The van der Waals surface area contributed by atoms with Crippen molar-refractivity contribution in [1.29, 1.82) is 0 Å². The molecule has 0 atom stereocenters. The highest BCUT2D eigenvalue weighted by molar-refractivity contribution is 5.90. The molecule has 7 heteroatoms. The van der Waals surface area contributed by atoms with Crippen LogP contribution in [0.5, 0.6) is 0 Å². The molecule has 0 fully saturated rings. The van der Waals surface area contributed by atoms with Crippen molar-refractivity contribution in [3.8, 4) is 5.69 Å². The number of nitrogens with zero attached hydrogens (tertiary/aromatic N) is 5. The maximum Gasteiger partial charge on any atom is 0.227 e. The Hall–Kier alpha value is -2.96. The van der Waals surface area contributed by atoms with Gasteiger partial charge in [-0.1, -0.05) is 31.5 Å². The van der Waals surface area contributed by atoms with E-state index in [-0.39, 0.29) is 11.8 Å². The molecule has 3 aromatic rings. The summed E-state index contributed by atoms with van der Waals surface area (Å²) in [6, 6.07) is 9.98. The van der Waals surface area contributed by atoms with E-state index in [0.29, 0.717) is 18.8 Å². The third kappa shape index (κ3) is 4.12. The summed E-state index contributed by atoms with van der Waals surface area (Å²) in [5, 5.41) is 11.6. The van der Waals surface area contributed by atoms with Gasteiger partial charge in [-0.2, -0.15) is 10.2 Å². The van der Waals surface area contributed by atoms with Crippen molar-refractivity contribution < 1.29 is 4.79 Å². The highest BCUT2D eigenvalue weighted by atomic mass is 16.1. The van der Waals surface area contributed by atoms with E-state index in [2.05, 4.69) is 34.3 Å². The third-order valence-electron chi connectivity index (χ3n) is 3.90. The summed E-state index contributed by atoms with van der Waals surface area (Å²) in [6.07, 6.45) is 3.37. The first-order valence-electron chi connectivity index (χ1n) is 8.32. The normalized spacial score (nSPS) is 11.0. The molecule has 7 nitrogen and oxygen atoms in total. The van der Waals surface area contributed by atoms with Crippen molar-refractivity contribution in [3.05, 3.63) is 54.2 Å². The van der Waals surface area contributed by atoms with Crippen molar-refractivity contribution >= 4 is 11.7 Å². The Morgan fingerprint density at radius 2 is 2.00 bits per heavy atom. The van der Waals surface area contributed by atoms with Crippen LogP contribution in [-0.4, -0.2) is 30.5 Å². The molecule has 3 rings (SSSR count). The molecule has 130 valence electrons. The molecule has 0 aliphatic heterocycles. The van der Waals surface area contributed by atoms with E-state index in [0.717, 1.165) is 11.4 Å². The molecule has 0 radical (unpaired) electrons. The lowest BCUT2D eigenvalue weighted by Gasteiger charge is -2.09. The summed E-state index contributed by atoms with van der Waals surface area (Å²) in [7, 11) is 0. The van der Waals surface area contributed by atoms with Gasteiger partial charge >= 0.3 is 0 Å². The van der Waals surface area contributed by atoms with Crippen molar-refractivity contribution in [2.24, 2.45) is 0 Å². The maximum absolute atomic E-state index is 12.3. The molecule has 1 amide bonds. The van der Waals surface area contributed by atoms with Crippen LogP contribution in [-0.2, 0) is 11.3 Å². The van der Waals surface area contributed by atoms with Crippen LogP contribution in [0.1, 0.15) is 37.4 Å². The molecular formula is C18H22N6O. The number of hydrogen-bond acceptors (Lipinski definition) is 4. The first-order valence-corrected chi connectivity index (χ1v) is 8.32. The second-order valence-electron chi connectivity index (χ2n) is 6.31. The Morgan fingerprint density at radius 1 is 1.24 bits per heavy atom. The number of carbonyl (C=O) groups excluding carboxylic acids is 1. The fourth-order valence-corrected chi connectivity index (χ4v) is 2.42. The fraction of sp³-hybridized carbons (Fsp3) is 0.333. The molecule has 0 unspecified atom stereocenters. The molecule has 2 aromatic heterocycles. The molecule has 25 heavy (non-hydrogen) atoms. The summed E-state index contributed by atoms with van der Waals surface area (Å²) < 4.78 is 3.42. The average molecular weight is 338 g/mol. The zero-order chi connectivity index (χ0) is 17.8. The number of hydrogen-bond donors (Lipinski definition) is 1. The predicted molar refractivity (Wildman–Crippen MR) is 95.7 cm³/mol. The Morgan fingerprint density at radius 3 is 2.64 bits per heavy atom. The van der Waals surface area contributed by atoms with Gasteiger partial charge in [0, 0.05) is 12.5 Å². The van der Waals surface area contributed by atoms with Crippen LogP contribution in [0.3, 0.4) is 0 Å². The molecule has 0 saturated heterocycles. The largest absolute Gasteiger partial charge is 0.311 e. The zero-order valence-corrected chi connectivity index (χ0v) is 14.7. The monoisotopic (exact) mass is 338 g/mol. The number of amides is 1. The lowest BCUT2D eigenvalue weighted by atomic mass is 10.1. The lowest BCUT2D eigenvalue weighted by Crippen LogP contribution is -2.17. The smallest absolute Gasteiger partial charge is 0.227 e. The van der Waals surface area contributed by atoms with Gasteiger partial charge in [0.05, 0.1) is 17.9 Å². The SMILES string of the molecule is Cc1ccc(-n2nc(C(C)C)cc2NC(=O)CCn2cncn2)cc1. The van der Waals surface area contributed by atoms with Gasteiger partial charge in [-0.15, -0.1) is 0 Å². The number of carbonyl (C=O) groups is 1. The molecule has 0 aliphatic rings. The van der Waals surface area contributed by atoms with E-state index in [9.17, 15) is 4.79 Å². The highest BCUT2D eigenvalue weighted by Crippen LogP contribution is 2.22. The number of benzene rings is 1. The van der Waals surface area contributed by atoms with Gasteiger partial charge in [0.2, 0.25) is 5.91 Å². The van der Waals surface area contributed by atoms with Gasteiger partial charge in [-0.05, 0) is 25.0 Å². The van der Waals surface area contributed by atoms with Crippen LogP contribution in [0.25, 0.3) is 5.69 Å². The summed E-state index contributed by atoms with van der Waals surface area (Å²) in [6.45, 7) is 6.69. The number of rotatable bonds is 6. The quantitative estimate of drug-likeness (QED) is 0.749. The average Bonchev–Trinajstić information content (AvgIpc) is 3.23. The van der Waals surface area contributed by atoms with Gasteiger partial charge < -0.3 is 5.32 Å². The molecular weight excluding hydrogens is 316 g/mol. The topological polar surface area (TPSA) is 77.6 Å². The molecule has 0 saturated carbocycles. The van der Waals surface area contributed by atoms with E-state index < -0.39 is 0 Å². The minimum absolute atomic E-state index is 0.0842. The Kier molecular flexibility index (Phi) is 4.92. The van der Waals surface area contributed by atoms with Crippen molar-refractivity contribution in [2.75, 3.05) is 5.32 Å². The number of aryl methyl sites for hydroxylation is 2. The van der Waals surface area contributed by atoms with E-state index >= 15 is 0 Å². The first-order chi connectivity index (χ1) is 12.0. The molecule has 2 heterocycles. The van der Waals surface area contributed by atoms with Gasteiger partial charge in [0.25, 0.3) is 0 Å². The Balaban J connectivity index is 1.79. The van der Waals surface area contributed by atoms with Gasteiger partial charge in [-0.25, -0.2) is 9.67 Å². The van der Waals surface area contributed by atoms with Gasteiger partial charge in [-0.3, -0.25) is 9.48 Å². The van der Waals surface area contributed by atoms with Crippen LogP contribution in [0.2, 0.25) is 0 Å². The van der Waals surface area contributed by atoms with Crippen molar-refractivity contribution in [2.45, 2.75) is 39.7 Å². The Bertz CT molecular complexity index is 833. The van der Waals surface area contributed by atoms with Crippen LogP contribution in [0.15, 0.2) is 43.0 Å². The van der Waals surface area contributed by atoms with Crippen LogP contribution in [0, 0.1) is 6.92 Å². The van der Waals surface area contributed by atoms with Crippen LogP contribution >= 0.6 is 0 Å². The number of aromatic nitrogens is 5. The minimum Gasteiger partial charge on any atom is -0.311 e. The highest BCUT2D eigenvalue weighted by Gasteiger charge is 2.14. The third-order valence-corrected chi connectivity index (χ3v) is 3.90. The summed E-state index contributed by atoms with van der Waals surface area (Å²) >= 11 is 0. The summed E-state index contributed by atoms with van der Waals surface area (Å²) in [5.74, 6) is 0.868. The summed E-state index contributed by atoms with van der Waals surface area (Å²) in [5.41, 5.74) is 3.04. The number of nitrogens with one attached hydrogen (secondary N) is 1. The van der Waals surface area contributed by atoms with E-state index in [1.807, 2.05) is 37.3 Å². The number of anilines is 1. The second-order valence-corrected chi connectivity index (χ2v) is 6.31. The standard InChI is InChI=1S/C18H22N6O/c1-13(2)16-10-17(21-18(25)8-9-23-12-19-11-20-23)24(22-16)15-6-4-14(3)5-7-15/h4-7,10-13H,8-9H2,1-3H3,(H,21,25).